The van der Waals surface area contributed by atoms with E-state index in [-0.39, 0.29) is 17.8 Å². The number of hydrogen-bond acceptors (Lipinski definition) is 6. The van der Waals surface area contributed by atoms with Crippen molar-refractivity contribution < 1.29 is 18.9 Å². The summed E-state index contributed by atoms with van der Waals surface area (Å²) >= 11 is 0. The number of nitro benzene ring substituents is 1. The van der Waals surface area contributed by atoms with Crippen LogP contribution in [0.15, 0.2) is 51.7 Å². The number of oxazole rings is 1. The number of carbonyl (C=O) groups is 1. The van der Waals surface area contributed by atoms with Crippen LogP contribution in [0, 0.1) is 10.1 Å². The number of nitrogens with one attached hydrogen (secondary N) is 1. The molecule has 0 aliphatic carbocycles. The van der Waals surface area contributed by atoms with Gasteiger partial charge in [0, 0.05) is 18.9 Å². The van der Waals surface area contributed by atoms with Crippen molar-refractivity contribution in [2.24, 2.45) is 0 Å². The Kier molecular flexibility index (Phi) is 4.81. The number of benzene rings is 2. The van der Waals surface area contributed by atoms with Crippen LogP contribution in [-0.2, 0) is 22.7 Å². The maximum Gasteiger partial charge on any atom is 0.420 e. The maximum absolute atomic E-state index is 12.3. The van der Waals surface area contributed by atoms with E-state index >= 15 is 0 Å². The first kappa shape index (κ1) is 17.4. The van der Waals surface area contributed by atoms with Gasteiger partial charge in [-0.2, -0.15) is 0 Å². The van der Waals surface area contributed by atoms with Gasteiger partial charge in [0.05, 0.1) is 23.1 Å². The number of nitro groups is 1. The van der Waals surface area contributed by atoms with Gasteiger partial charge in [-0.1, -0.05) is 12.1 Å². The van der Waals surface area contributed by atoms with Crippen molar-refractivity contribution in [3.63, 3.8) is 0 Å². The molecule has 3 rings (SSSR count). The zero-order chi connectivity index (χ0) is 18.7. The van der Waals surface area contributed by atoms with E-state index in [0.717, 1.165) is 16.2 Å². The number of nitrogens with zero attached hydrogens (tertiary/aromatic N) is 2. The van der Waals surface area contributed by atoms with E-state index in [2.05, 4.69) is 5.32 Å². The summed E-state index contributed by atoms with van der Waals surface area (Å²) in [5.41, 5.74) is 1.63. The average Bonchev–Trinajstić information content (AvgIpc) is 2.90. The molecule has 0 radical (unpaired) electrons. The molecule has 1 aromatic heterocycles. The van der Waals surface area contributed by atoms with Crippen molar-refractivity contribution in [1.29, 1.82) is 0 Å². The lowest BCUT2D eigenvalue weighted by molar-refractivity contribution is -0.384. The van der Waals surface area contributed by atoms with Crippen LogP contribution in [0.2, 0.25) is 0 Å². The summed E-state index contributed by atoms with van der Waals surface area (Å²) in [5.74, 6) is -1.19. The quantitative estimate of drug-likeness (QED) is 0.534. The Hall–Kier alpha value is -3.46. The van der Waals surface area contributed by atoms with Crippen LogP contribution in [-0.4, -0.2) is 22.5 Å². The number of methoxy groups -OCH3 is 1. The van der Waals surface area contributed by atoms with Gasteiger partial charge in [-0.05, 0) is 23.8 Å². The summed E-state index contributed by atoms with van der Waals surface area (Å²) in [6, 6.07) is 10.9. The van der Waals surface area contributed by atoms with E-state index in [0.29, 0.717) is 17.8 Å². The van der Waals surface area contributed by atoms with Crippen LogP contribution < -0.4 is 11.1 Å². The molecule has 134 valence electrons. The zero-order valence-corrected chi connectivity index (χ0v) is 13.8. The third kappa shape index (κ3) is 3.62. The second kappa shape index (κ2) is 7.19. The first-order chi connectivity index (χ1) is 12.5. The molecule has 9 heteroatoms. The molecule has 1 heterocycles. The third-order valence-electron chi connectivity index (χ3n) is 3.69. The predicted octanol–water partition coefficient (Wildman–Crippen LogP) is 2.29. The second-order valence-corrected chi connectivity index (χ2v) is 5.54. The molecule has 0 saturated heterocycles. The van der Waals surface area contributed by atoms with E-state index in [1.807, 2.05) is 6.07 Å². The summed E-state index contributed by atoms with van der Waals surface area (Å²) in [4.78, 5) is 34.5. The van der Waals surface area contributed by atoms with Gasteiger partial charge in [0.2, 0.25) is 5.91 Å². The van der Waals surface area contributed by atoms with Crippen LogP contribution >= 0.6 is 0 Å². The molecule has 0 saturated carbocycles. The summed E-state index contributed by atoms with van der Waals surface area (Å²) in [7, 11) is 1.58. The second-order valence-electron chi connectivity index (χ2n) is 5.54. The Labute approximate surface area is 146 Å². The van der Waals surface area contributed by atoms with Gasteiger partial charge in [0.25, 0.3) is 5.69 Å². The predicted molar refractivity (Wildman–Crippen MR) is 92.9 cm³/mol. The van der Waals surface area contributed by atoms with Gasteiger partial charge in [0.1, 0.15) is 6.54 Å². The molecular formula is C17H15N3O6. The van der Waals surface area contributed by atoms with Gasteiger partial charge in [-0.3, -0.25) is 19.5 Å². The monoisotopic (exact) mass is 357 g/mol. The SMILES string of the molecule is COCc1cccc(NC(=O)Cn2c(=O)oc3cc([N+](=O)[O-])ccc32)c1. The van der Waals surface area contributed by atoms with Crippen molar-refractivity contribution in [3.05, 3.63) is 68.7 Å². The number of aromatic nitrogens is 1. The molecule has 0 aliphatic heterocycles. The molecule has 0 unspecified atom stereocenters. The molecule has 0 atom stereocenters. The fraction of sp³-hybridized carbons (Fsp3) is 0.176. The van der Waals surface area contributed by atoms with Crippen LogP contribution in [0.4, 0.5) is 11.4 Å². The maximum atomic E-state index is 12.3. The van der Waals surface area contributed by atoms with Crippen molar-refractivity contribution >= 4 is 28.4 Å². The fourth-order valence-corrected chi connectivity index (χ4v) is 2.57. The minimum Gasteiger partial charge on any atom is -0.407 e. The molecule has 9 nitrogen and oxygen atoms in total. The lowest BCUT2D eigenvalue weighted by Gasteiger charge is -2.07. The van der Waals surface area contributed by atoms with E-state index in [9.17, 15) is 19.7 Å². The molecule has 1 N–H and O–H groups in total. The molecule has 2 aromatic carbocycles. The Bertz CT molecular complexity index is 1040. The van der Waals surface area contributed by atoms with Crippen LogP contribution in [0.1, 0.15) is 5.56 Å². The smallest absolute Gasteiger partial charge is 0.407 e. The Morgan fingerprint density at radius 3 is 2.85 bits per heavy atom. The molecule has 0 aliphatic rings. The highest BCUT2D eigenvalue weighted by Crippen LogP contribution is 2.20. The number of rotatable bonds is 6. The number of ether oxygens (including phenoxy) is 1. The molecule has 3 aromatic rings. The lowest BCUT2D eigenvalue weighted by atomic mass is 10.2. The summed E-state index contributed by atoms with van der Waals surface area (Å²) < 4.78 is 11.2. The molecular weight excluding hydrogens is 342 g/mol. The summed E-state index contributed by atoms with van der Waals surface area (Å²) in [6.07, 6.45) is 0. The largest absolute Gasteiger partial charge is 0.420 e. The van der Waals surface area contributed by atoms with E-state index in [4.69, 9.17) is 9.15 Å². The minimum absolute atomic E-state index is 0.0547. The fourth-order valence-electron chi connectivity index (χ4n) is 2.57. The number of hydrogen-bond donors (Lipinski definition) is 1. The Morgan fingerprint density at radius 2 is 2.12 bits per heavy atom. The van der Waals surface area contributed by atoms with Crippen LogP contribution in [0.5, 0.6) is 0 Å². The number of fused-ring (bicyclic) bond motifs is 1. The molecule has 1 amide bonds. The minimum atomic E-state index is -0.760. The van der Waals surface area contributed by atoms with E-state index in [1.165, 1.54) is 12.1 Å². The molecule has 0 bridgehead atoms. The lowest BCUT2D eigenvalue weighted by Crippen LogP contribution is -2.24. The van der Waals surface area contributed by atoms with E-state index < -0.39 is 16.6 Å². The highest BCUT2D eigenvalue weighted by atomic mass is 16.6. The standard InChI is InChI=1S/C17H15N3O6/c1-25-10-11-3-2-4-12(7-11)18-16(21)9-19-14-6-5-13(20(23)24)8-15(14)26-17(19)22/h2-8H,9-10H2,1H3,(H,18,21). The molecule has 26 heavy (non-hydrogen) atoms. The van der Waals surface area contributed by atoms with Gasteiger partial charge in [0.15, 0.2) is 5.58 Å². The number of anilines is 1. The molecule has 0 fully saturated rings. The van der Waals surface area contributed by atoms with Crippen molar-refractivity contribution in [1.82, 2.24) is 4.57 Å². The van der Waals surface area contributed by atoms with Gasteiger partial charge >= 0.3 is 5.76 Å². The van der Waals surface area contributed by atoms with Crippen molar-refractivity contribution in [2.75, 3.05) is 12.4 Å². The number of carbonyl (C=O) groups excluding carboxylic acids is 1. The Balaban J connectivity index is 1.81. The van der Waals surface area contributed by atoms with Gasteiger partial charge in [-0.25, -0.2) is 4.79 Å². The summed E-state index contributed by atoms with van der Waals surface area (Å²) in [6.45, 7) is 0.131. The first-order valence-corrected chi connectivity index (χ1v) is 7.63. The first-order valence-electron chi connectivity index (χ1n) is 7.63. The van der Waals surface area contributed by atoms with Crippen LogP contribution in [0.25, 0.3) is 11.1 Å². The van der Waals surface area contributed by atoms with Crippen molar-refractivity contribution in [2.45, 2.75) is 13.2 Å². The van der Waals surface area contributed by atoms with E-state index in [1.54, 1.807) is 25.3 Å². The highest BCUT2D eigenvalue weighted by Gasteiger charge is 2.16. The molecule has 0 spiro atoms. The van der Waals surface area contributed by atoms with Gasteiger partial charge < -0.3 is 14.5 Å². The zero-order valence-electron chi connectivity index (χ0n) is 13.8. The van der Waals surface area contributed by atoms with Crippen molar-refractivity contribution in [3.8, 4) is 0 Å². The topological polar surface area (TPSA) is 117 Å². The summed E-state index contributed by atoms with van der Waals surface area (Å²) in [5, 5.41) is 13.5. The number of amides is 1. The van der Waals surface area contributed by atoms with Crippen LogP contribution in [0.3, 0.4) is 0 Å². The van der Waals surface area contributed by atoms with Gasteiger partial charge in [-0.15, -0.1) is 0 Å². The Morgan fingerprint density at radius 1 is 1.31 bits per heavy atom. The highest BCUT2D eigenvalue weighted by molar-refractivity contribution is 5.91. The average molecular weight is 357 g/mol. The normalized spacial score (nSPS) is 10.8. The third-order valence-corrected chi connectivity index (χ3v) is 3.69. The number of non-ortho nitro benzene ring substituents is 1.